The highest BCUT2D eigenvalue weighted by molar-refractivity contribution is 5.90. The maximum atomic E-state index is 13.1. The summed E-state index contributed by atoms with van der Waals surface area (Å²) in [7, 11) is 0. The van der Waals surface area contributed by atoms with Crippen LogP contribution < -0.4 is 4.74 Å². The van der Waals surface area contributed by atoms with Crippen LogP contribution in [-0.4, -0.2) is 41.0 Å². The number of ether oxygens (including phenoxy) is 1. The van der Waals surface area contributed by atoms with E-state index in [4.69, 9.17) is 4.74 Å². The second-order valence-electron chi connectivity index (χ2n) is 9.45. The van der Waals surface area contributed by atoms with Gasteiger partial charge in [0.05, 0.1) is 0 Å². The normalized spacial score (nSPS) is 39.2. The van der Waals surface area contributed by atoms with E-state index in [1.807, 2.05) is 0 Å². The van der Waals surface area contributed by atoms with Crippen LogP contribution in [0.1, 0.15) is 50.2 Å². The fraction of sp³-hybridized carbons (Fsp3) is 0.682. The molecular weight excluding hydrogens is 362 g/mol. The van der Waals surface area contributed by atoms with Gasteiger partial charge in [0, 0.05) is 29.5 Å². The Morgan fingerprint density at radius 1 is 1.33 bits per heavy atom. The fourth-order valence-electron chi connectivity index (χ4n) is 6.84. The Labute approximate surface area is 166 Å². The predicted octanol–water partition coefficient (Wildman–Crippen LogP) is 3.47. The number of likely N-dealkylation sites (tertiary alicyclic amines) is 1. The highest BCUT2D eigenvalue weighted by atomic mass is 35.5. The Hall–Kier alpha value is -1.26. The van der Waals surface area contributed by atoms with E-state index in [0.29, 0.717) is 17.7 Å². The third-order valence-corrected chi connectivity index (χ3v) is 8.30. The zero-order valence-electron chi connectivity index (χ0n) is 15.8. The van der Waals surface area contributed by atoms with Crippen molar-refractivity contribution in [2.75, 3.05) is 13.1 Å². The highest BCUT2D eigenvalue weighted by Crippen LogP contribution is 2.63. The van der Waals surface area contributed by atoms with E-state index in [0.717, 1.165) is 31.7 Å². The largest absolute Gasteiger partial charge is 0.504 e. The molecule has 1 N–H and O–H groups in total. The molecule has 1 spiro atoms. The first kappa shape index (κ1) is 17.8. The van der Waals surface area contributed by atoms with Crippen LogP contribution in [-0.2, 0) is 16.6 Å². The molecule has 5 heteroatoms. The number of aromatic hydroxyl groups is 1. The van der Waals surface area contributed by atoms with Crippen molar-refractivity contribution in [3.63, 3.8) is 0 Å². The predicted molar refractivity (Wildman–Crippen MR) is 105 cm³/mol. The highest BCUT2D eigenvalue weighted by Gasteiger charge is 2.67. The molecule has 2 saturated carbocycles. The quantitative estimate of drug-likeness (QED) is 0.841. The number of phenolic OH excluding ortho intramolecular Hbond substituents is 1. The van der Waals surface area contributed by atoms with Crippen molar-refractivity contribution in [3.8, 4) is 11.5 Å². The minimum absolute atomic E-state index is 0. The molecule has 146 valence electrons. The molecule has 3 fully saturated rings. The van der Waals surface area contributed by atoms with Gasteiger partial charge in [-0.2, -0.15) is 0 Å². The van der Waals surface area contributed by atoms with Gasteiger partial charge in [-0.05, 0) is 62.1 Å². The van der Waals surface area contributed by atoms with Gasteiger partial charge in [0.2, 0.25) is 0 Å². The number of halogens is 1. The number of carbonyl (C=O) groups is 1. The van der Waals surface area contributed by atoms with Crippen LogP contribution in [0.3, 0.4) is 0 Å². The summed E-state index contributed by atoms with van der Waals surface area (Å²) in [5.41, 5.74) is 2.31. The topological polar surface area (TPSA) is 49.8 Å². The molecule has 3 aliphatic carbocycles. The van der Waals surface area contributed by atoms with Gasteiger partial charge in [0.1, 0.15) is 0 Å². The summed E-state index contributed by atoms with van der Waals surface area (Å²) in [6.45, 7) is 4.36. The second-order valence-corrected chi connectivity index (χ2v) is 9.45. The van der Waals surface area contributed by atoms with Gasteiger partial charge in [-0.15, -0.1) is 12.4 Å². The molecule has 0 radical (unpaired) electrons. The molecule has 5 aliphatic rings. The van der Waals surface area contributed by atoms with Crippen LogP contribution >= 0.6 is 12.4 Å². The fourth-order valence-corrected chi connectivity index (χ4v) is 6.84. The lowest BCUT2D eigenvalue weighted by Crippen LogP contribution is -2.67. The Balaban J connectivity index is 0.00000160. The third kappa shape index (κ3) is 2.12. The number of benzene rings is 1. The molecule has 4 nitrogen and oxygen atoms in total. The smallest absolute Gasteiger partial charge is 0.177 e. The van der Waals surface area contributed by atoms with Crippen molar-refractivity contribution in [3.05, 3.63) is 23.3 Å². The summed E-state index contributed by atoms with van der Waals surface area (Å²) in [5.74, 6) is 2.48. The Bertz CT molecular complexity index is 807. The van der Waals surface area contributed by atoms with E-state index in [1.165, 1.54) is 36.9 Å². The Morgan fingerprint density at radius 2 is 2.15 bits per heavy atom. The molecule has 1 aromatic rings. The number of hydrogen-bond donors (Lipinski definition) is 1. The molecule has 4 unspecified atom stereocenters. The molecule has 0 aromatic heterocycles. The number of nitrogens with zero attached hydrogens (tertiary/aromatic N) is 1. The van der Waals surface area contributed by atoms with Gasteiger partial charge in [-0.3, -0.25) is 9.69 Å². The van der Waals surface area contributed by atoms with Crippen LogP contribution in [0.5, 0.6) is 11.5 Å². The number of Topliss-reactive ketones (excluding diaryl/α,β-unsaturated/α-hetero) is 1. The zero-order valence-corrected chi connectivity index (χ0v) is 16.6. The molecule has 2 aliphatic heterocycles. The summed E-state index contributed by atoms with van der Waals surface area (Å²) in [6, 6.07) is 4.37. The van der Waals surface area contributed by atoms with Crippen molar-refractivity contribution >= 4 is 18.2 Å². The van der Waals surface area contributed by atoms with Crippen molar-refractivity contribution in [1.82, 2.24) is 4.90 Å². The Morgan fingerprint density at radius 3 is 2.89 bits per heavy atom. The molecule has 2 heterocycles. The average molecular weight is 390 g/mol. The van der Waals surface area contributed by atoms with Gasteiger partial charge < -0.3 is 9.84 Å². The zero-order chi connectivity index (χ0) is 17.6. The van der Waals surface area contributed by atoms with Crippen LogP contribution in [0, 0.1) is 17.8 Å². The molecule has 2 bridgehead atoms. The molecule has 6 rings (SSSR count). The molecule has 27 heavy (non-hydrogen) atoms. The van der Waals surface area contributed by atoms with E-state index in [9.17, 15) is 9.90 Å². The summed E-state index contributed by atoms with van der Waals surface area (Å²) in [5, 5.41) is 10.4. The number of ketones is 1. The summed E-state index contributed by atoms with van der Waals surface area (Å²) in [4.78, 5) is 15.8. The molecule has 0 amide bonds. The van der Waals surface area contributed by atoms with E-state index in [1.54, 1.807) is 6.07 Å². The maximum Gasteiger partial charge on any atom is 0.177 e. The van der Waals surface area contributed by atoms with Crippen molar-refractivity contribution in [1.29, 1.82) is 0 Å². The standard InChI is InChI=1S/C22H27NO3.ClH/c1-12-9-15-16-10-14-5-6-17(24)20-18(14)22(15,21(26-20)19(12)25)7-8-23(16)11-13-3-2-4-13;/h5-6,12-13,15-16,21,24H,2-4,7-11H2,1H3;1H/t12-,15?,16?,21?,22?;/m0./s1. The van der Waals surface area contributed by atoms with E-state index in [2.05, 4.69) is 17.9 Å². The van der Waals surface area contributed by atoms with Gasteiger partial charge in [0.15, 0.2) is 23.4 Å². The van der Waals surface area contributed by atoms with Gasteiger partial charge >= 0.3 is 0 Å². The molecular formula is C22H28ClNO3. The van der Waals surface area contributed by atoms with Crippen LogP contribution in [0.4, 0.5) is 0 Å². The van der Waals surface area contributed by atoms with Gasteiger partial charge in [-0.25, -0.2) is 0 Å². The lowest BCUT2D eigenvalue weighted by atomic mass is 9.50. The van der Waals surface area contributed by atoms with Gasteiger partial charge in [-0.1, -0.05) is 19.4 Å². The van der Waals surface area contributed by atoms with Crippen molar-refractivity contribution in [2.45, 2.75) is 63.0 Å². The summed E-state index contributed by atoms with van der Waals surface area (Å²) < 4.78 is 6.22. The number of hydrogen-bond acceptors (Lipinski definition) is 4. The van der Waals surface area contributed by atoms with Crippen LogP contribution in [0.2, 0.25) is 0 Å². The van der Waals surface area contributed by atoms with Gasteiger partial charge in [0.25, 0.3) is 0 Å². The SMILES string of the molecule is C[C@H]1CC2C3Cc4ccc(O)c5c4C2(CCN3CC2CCC2)C(O5)C1=O.Cl. The third-order valence-electron chi connectivity index (χ3n) is 8.30. The first-order chi connectivity index (χ1) is 12.6. The number of piperidine rings is 1. The first-order valence-corrected chi connectivity index (χ1v) is 10.4. The lowest BCUT2D eigenvalue weighted by molar-refractivity contribution is -0.145. The van der Waals surface area contributed by atoms with Crippen molar-refractivity contribution in [2.24, 2.45) is 17.8 Å². The summed E-state index contributed by atoms with van der Waals surface area (Å²) >= 11 is 0. The number of phenols is 1. The molecule has 5 atom stereocenters. The lowest BCUT2D eigenvalue weighted by Gasteiger charge is -2.59. The average Bonchev–Trinajstić information content (AvgIpc) is 2.93. The molecule has 1 saturated heterocycles. The van der Waals surface area contributed by atoms with E-state index < -0.39 is 0 Å². The van der Waals surface area contributed by atoms with E-state index >= 15 is 0 Å². The summed E-state index contributed by atoms with van der Waals surface area (Å²) in [6.07, 6.45) is 6.78. The maximum absolute atomic E-state index is 13.1. The van der Waals surface area contributed by atoms with Crippen molar-refractivity contribution < 1.29 is 14.6 Å². The first-order valence-electron chi connectivity index (χ1n) is 10.4. The minimum atomic E-state index is -0.382. The number of carbonyl (C=O) groups excluding carboxylic acids is 1. The van der Waals surface area contributed by atoms with Crippen LogP contribution in [0.25, 0.3) is 0 Å². The van der Waals surface area contributed by atoms with Crippen LogP contribution in [0.15, 0.2) is 12.1 Å². The second kappa shape index (κ2) is 5.87. The Kier molecular flexibility index (Phi) is 3.87. The monoisotopic (exact) mass is 389 g/mol. The minimum Gasteiger partial charge on any atom is -0.504 e. The van der Waals surface area contributed by atoms with E-state index in [-0.39, 0.29) is 41.4 Å². The number of rotatable bonds is 2. The molecule has 1 aromatic carbocycles.